The summed E-state index contributed by atoms with van der Waals surface area (Å²) in [5.41, 5.74) is 3.38. The van der Waals surface area contributed by atoms with Crippen molar-refractivity contribution in [3.8, 4) is 11.5 Å². The van der Waals surface area contributed by atoms with Gasteiger partial charge in [-0.05, 0) is 49.7 Å². The first kappa shape index (κ1) is 18.0. The summed E-state index contributed by atoms with van der Waals surface area (Å²) in [4.78, 5) is 14.0. The lowest BCUT2D eigenvalue weighted by Gasteiger charge is -2.25. The molecule has 6 heteroatoms. The van der Waals surface area contributed by atoms with Crippen LogP contribution in [0.4, 0.5) is 0 Å². The van der Waals surface area contributed by atoms with Crippen molar-refractivity contribution in [2.45, 2.75) is 19.3 Å². The molecule has 0 radical (unpaired) electrons. The van der Waals surface area contributed by atoms with Crippen LogP contribution in [0.15, 0.2) is 36.0 Å². The quantitative estimate of drug-likeness (QED) is 0.451. The van der Waals surface area contributed by atoms with Gasteiger partial charge < -0.3 is 9.47 Å². The zero-order valence-corrected chi connectivity index (χ0v) is 14.2. The molecule has 1 aromatic rings. The van der Waals surface area contributed by atoms with E-state index >= 15 is 0 Å². The van der Waals surface area contributed by atoms with Gasteiger partial charge in [0.1, 0.15) is 6.61 Å². The molecule has 0 aliphatic carbocycles. The fraction of sp³-hybridized carbons (Fsp3) is 0.444. The molecule has 0 aromatic heterocycles. The molecule has 1 heterocycles. The molecule has 1 amide bonds. The van der Waals surface area contributed by atoms with Crippen LogP contribution >= 0.6 is 0 Å². The maximum atomic E-state index is 11.9. The van der Waals surface area contributed by atoms with Crippen molar-refractivity contribution in [1.29, 1.82) is 0 Å². The van der Waals surface area contributed by atoms with Crippen LogP contribution < -0.4 is 14.9 Å². The van der Waals surface area contributed by atoms with E-state index in [9.17, 15) is 4.79 Å². The molecule has 2 rings (SSSR count). The Morgan fingerprint density at radius 1 is 1.33 bits per heavy atom. The van der Waals surface area contributed by atoms with Crippen LogP contribution in [0.25, 0.3) is 0 Å². The fourth-order valence-electron chi connectivity index (χ4n) is 2.57. The number of hydrogen-bond donors (Lipinski definition) is 1. The summed E-state index contributed by atoms with van der Waals surface area (Å²) in [5.74, 6) is 1.16. The summed E-state index contributed by atoms with van der Waals surface area (Å²) in [6.45, 7) is 6.40. The van der Waals surface area contributed by atoms with Gasteiger partial charge in [-0.15, -0.1) is 0 Å². The Balaban J connectivity index is 1.86. The van der Waals surface area contributed by atoms with Crippen molar-refractivity contribution in [3.63, 3.8) is 0 Å². The first-order chi connectivity index (χ1) is 11.7. The third kappa shape index (κ3) is 5.70. The Morgan fingerprint density at radius 2 is 2.12 bits per heavy atom. The second-order valence-electron chi connectivity index (χ2n) is 5.64. The Kier molecular flexibility index (Phi) is 7.29. The summed E-state index contributed by atoms with van der Waals surface area (Å²) >= 11 is 0. The SMILES string of the molecule is C=CCOc1ccc(/C=N\NC(=O)CN2CCCCC2)cc1OC. The van der Waals surface area contributed by atoms with Crippen molar-refractivity contribution in [2.75, 3.05) is 33.4 Å². The molecule has 24 heavy (non-hydrogen) atoms. The third-order valence-corrected chi connectivity index (χ3v) is 3.76. The van der Waals surface area contributed by atoms with Crippen LogP contribution in [0, 0.1) is 0 Å². The molecule has 1 fully saturated rings. The highest BCUT2D eigenvalue weighted by Crippen LogP contribution is 2.27. The maximum absolute atomic E-state index is 11.9. The number of carbonyl (C=O) groups is 1. The second-order valence-corrected chi connectivity index (χ2v) is 5.64. The van der Waals surface area contributed by atoms with E-state index in [1.165, 1.54) is 6.42 Å². The summed E-state index contributed by atoms with van der Waals surface area (Å²) < 4.78 is 10.8. The minimum absolute atomic E-state index is 0.0916. The molecule has 0 spiro atoms. The van der Waals surface area contributed by atoms with Crippen LogP contribution in [-0.4, -0.2) is 50.4 Å². The number of rotatable bonds is 8. The van der Waals surface area contributed by atoms with Gasteiger partial charge in [-0.2, -0.15) is 5.10 Å². The lowest BCUT2D eigenvalue weighted by molar-refractivity contribution is -0.122. The predicted octanol–water partition coefficient (Wildman–Crippen LogP) is 2.20. The van der Waals surface area contributed by atoms with Crippen molar-refractivity contribution < 1.29 is 14.3 Å². The number of piperidine rings is 1. The van der Waals surface area contributed by atoms with E-state index < -0.39 is 0 Å². The van der Waals surface area contributed by atoms with Gasteiger partial charge in [0, 0.05) is 0 Å². The monoisotopic (exact) mass is 331 g/mol. The Hall–Kier alpha value is -2.34. The molecule has 1 aliphatic heterocycles. The van der Waals surface area contributed by atoms with Crippen LogP contribution in [0.1, 0.15) is 24.8 Å². The van der Waals surface area contributed by atoms with Crippen LogP contribution in [-0.2, 0) is 4.79 Å². The zero-order valence-electron chi connectivity index (χ0n) is 14.2. The fourth-order valence-corrected chi connectivity index (χ4v) is 2.57. The van der Waals surface area contributed by atoms with E-state index in [1.54, 1.807) is 31.5 Å². The van der Waals surface area contributed by atoms with Gasteiger partial charge >= 0.3 is 0 Å². The van der Waals surface area contributed by atoms with Crippen molar-refractivity contribution in [2.24, 2.45) is 5.10 Å². The summed E-state index contributed by atoms with van der Waals surface area (Å²) in [6.07, 6.45) is 6.85. The summed E-state index contributed by atoms with van der Waals surface area (Å²) in [5, 5.41) is 4.01. The molecular weight excluding hydrogens is 306 g/mol. The minimum Gasteiger partial charge on any atom is -0.493 e. The molecular formula is C18H25N3O3. The second kappa shape index (κ2) is 9.72. The van der Waals surface area contributed by atoms with Crippen LogP contribution in [0.3, 0.4) is 0 Å². The lowest BCUT2D eigenvalue weighted by Crippen LogP contribution is -2.38. The van der Waals surface area contributed by atoms with E-state index in [1.807, 2.05) is 6.07 Å². The van der Waals surface area contributed by atoms with Gasteiger partial charge in [0.05, 0.1) is 19.9 Å². The molecule has 0 atom stereocenters. The Morgan fingerprint density at radius 3 is 2.83 bits per heavy atom. The minimum atomic E-state index is -0.0916. The van der Waals surface area contributed by atoms with Crippen molar-refractivity contribution in [3.05, 3.63) is 36.4 Å². The number of methoxy groups -OCH3 is 1. The molecule has 1 aliphatic rings. The van der Waals surface area contributed by atoms with Gasteiger partial charge in [-0.3, -0.25) is 9.69 Å². The number of hydrogen-bond acceptors (Lipinski definition) is 5. The molecule has 0 saturated carbocycles. The molecule has 0 unspecified atom stereocenters. The van der Waals surface area contributed by atoms with E-state index in [0.717, 1.165) is 31.5 Å². The highest BCUT2D eigenvalue weighted by Gasteiger charge is 2.13. The normalized spacial score (nSPS) is 15.2. The molecule has 1 aromatic carbocycles. The molecule has 130 valence electrons. The van der Waals surface area contributed by atoms with Gasteiger partial charge in [-0.1, -0.05) is 19.1 Å². The topological polar surface area (TPSA) is 63.2 Å². The lowest BCUT2D eigenvalue weighted by atomic mass is 10.1. The smallest absolute Gasteiger partial charge is 0.254 e. The summed E-state index contributed by atoms with van der Waals surface area (Å²) in [6, 6.07) is 5.46. The molecule has 6 nitrogen and oxygen atoms in total. The number of hydrazone groups is 1. The van der Waals surface area contributed by atoms with Crippen LogP contribution in [0.2, 0.25) is 0 Å². The zero-order chi connectivity index (χ0) is 17.2. The van der Waals surface area contributed by atoms with Crippen molar-refractivity contribution >= 4 is 12.1 Å². The van der Waals surface area contributed by atoms with Gasteiger partial charge in [0.25, 0.3) is 5.91 Å². The third-order valence-electron chi connectivity index (χ3n) is 3.76. The number of carbonyl (C=O) groups excluding carboxylic acids is 1. The molecule has 1 N–H and O–H groups in total. The van der Waals surface area contributed by atoms with Gasteiger partial charge in [0.2, 0.25) is 0 Å². The number of amides is 1. The Bertz CT molecular complexity index is 581. The van der Waals surface area contributed by atoms with Gasteiger partial charge in [0.15, 0.2) is 11.5 Å². The van der Waals surface area contributed by atoms with E-state index in [-0.39, 0.29) is 5.91 Å². The van der Waals surface area contributed by atoms with Crippen molar-refractivity contribution in [1.82, 2.24) is 10.3 Å². The predicted molar refractivity (Wildman–Crippen MR) is 94.7 cm³/mol. The highest BCUT2D eigenvalue weighted by molar-refractivity contribution is 5.83. The van der Waals surface area contributed by atoms with E-state index in [0.29, 0.717) is 24.7 Å². The first-order valence-electron chi connectivity index (χ1n) is 8.19. The highest BCUT2D eigenvalue weighted by atomic mass is 16.5. The first-order valence-corrected chi connectivity index (χ1v) is 8.19. The average Bonchev–Trinajstić information content (AvgIpc) is 2.61. The van der Waals surface area contributed by atoms with Crippen LogP contribution in [0.5, 0.6) is 11.5 Å². The standard InChI is InChI=1S/C18H25N3O3/c1-3-11-24-16-8-7-15(12-17(16)23-2)13-19-20-18(22)14-21-9-5-4-6-10-21/h3,7-8,12-13H,1,4-6,9-11,14H2,2H3,(H,20,22)/b19-13-. The largest absolute Gasteiger partial charge is 0.493 e. The summed E-state index contributed by atoms with van der Waals surface area (Å²) in [7, 11) is 1.58. The number of nitrogens with one attached hydrogen (secondary N) is 1. The Labute approximate surface area is 143 Å². The number of benzene rings is 1. The number of nitrogens with zero attached hydrogens (tertiary/aromatic N) is 2. The molecule has 1 saturated heterocycles. The van der Waals surface area contributed by atoms with E-state index in [4.69, 9.17) is 9.47 Å². The van der Waals surface area contributed by atoms with E-state index in [2.05, 4.69) is 22.0 Å². The van der Waals surface area contributed by atoms with Gasteiger partial charge in [-0.25, -0.2) is 5.43 Å². The number of ether oxygens (including phenoxy) is 2. The molecule has 0 bridgehead atoms. The number of likely N-dealkylation sites (tertiary alicyclic amines) is 1. The maximum Gasteiger partial charge on any atom is 0.254 e. The average molecular weight is 331 g/mol.